The maximum Gasteiger partial charge on any atom is 0.410 e. The van der Waals surface area contributed by atoms with Gasteiger partial charge in [-0.2, -0.15) is 0 Å². The second kappa shape index (κ2) is 9.08. The average molecular weight is 466 g/mol. The van der Waals surface area contributed by atoms with Gasteiger partial charge in [0.25, 0.3) is 5.88 Å². The number of aromatic nitrogens is 3. The second-order valence-electron chi connectivity index (χ2n) is 9.02. The van der Waals surface area contributed by atoms with Gasteiger partial charge in [0.1, 0.15) is 17.7 Å². The molecule has 1 atom stereocenters. The van der Waals surface area contributed by atoms with Gasteiger partial charge < -0.3 is 19.7 Å². The van der Waals surface area contributed by atoms with Crippen LogP contribution in [-0.4, -0.2) is 62.7 Å². The molecule has 11 nitrogen and oxygen atoms in total. The summed E-state index contributed by atoms with van der Waals surface area (Å²) in [5, 5.41) is 15.6. The first-order chi connectivity index (χ1) is 16.1. The van der Waals surface area contributed by atoms with Crippen LogP contribution in [0.1, 0.15) is 27.2 Å². The van der Waals surface area contributed by atoms with Crippen molar-refractivity contribution < 1.29 is 19.2 Å². The molecule has 4 rings (SSSR count). The van der Waals surface area contributed by atoms with Gasteiger partial charge in [-0.25, -0.2) is 19.7 Å². The summed E-state index contributed by atoms with van der Waals surface area (Å²) in [4.78, 5) is 37.7. The van der Waals surface area contributed by atoms with Crippen molar-refractivity contribution in [3.8, 4) is 17.0 Å². The van der Waals surface area contributed by atoms with Gasteiger partial charge in [0.05, 0.1) is 17.5 Å². The minimum absolute atomic E-state index is 0.00184. The number of pyridine rings is 1. The molecule has 1 saturated heterocycles. The van der Waals surface area contributed by atoms with Gasteiger partial charge in [0.2, 0.25) is 0 Å². The number of methoxy groups -OCH3 is 1. The molecule has 3 heterocycles. The van der Waals surface area contributed by atoms with E-state index < -0.39 is 10.5 Å². The minimum Gasteiger partial charge on any atom is -0.476 e. The number of ether oxygens (including phenoxy) is 2. The van der Waals surface area contributed by atoms with E-state index in [0.717, 1.165) is 22.9 Å². The number of carbonyl (C=O) groups excluding carboxylic acids is 1. The summed E-state index contributed by atoms with van der Waals surface area (Å²) in [5.74, 6) is 0.579. The fourth-order valence-electron chi connectivity index (χ4n) is 3.80. The molecule has 34 heavy (non-hydrogen) atoms. The smallest absolute Gasteiger partial charge is 0.410 e. The Hall–Kier alpha value is -4.02. The third kappa shape index (κ3) is 4.98. The van der Waals surface area contributed by atoms with E-state index in [1.807, 2.05) is 39.0 Å². The van der Waals surface area contributed by atoms with E-state index in [2.05, 4.69) is 20.3 Å². The van der Waals surface area contributed by atoms with Crippen LogP contribution < -0.4 is 10.1 Å². The summed E-state index contributed by atoms with van der Waals surface area (Å²) >= 11 is 0. The van der Waals surface area contributed by atoms with Gasteiger partial charge in [0.15, 0.2) is 0 Å². The molecule has 1 fully saturated rings. The van der Waals surface area contributed by atoms with Crippen molar-refractivity contribution in [2.24, 2.45) is 0 Å². The Bertz CT molecular complexity index is 1240. The maximum absolute atomic E-state index is 12.4. The summed E-state index contributed by atoms with van der Waals surface area (Å²) in [5.41, 5.74) is 1.26. The molecule has 0 radical (unpaired) electrons. The number of rotatable bonds is 5. The zero-order valence-corrected chi connectivity index (χ0v) is 19.4. The summed E-state index contributed by atoms with van der Waals surface area (Å²) in [7, 11) is 1.34. The van der Waals surface area contributed by atoms with Gasteiger partial charge in [-0.1, -0.05) is 6.07 Å². The van der Waals surface area contributed by atoms with Crippen molar-refractivity contribution in [1.82, 2.24) is 19.9 Å². The fourth-order valence-corrected chi connectivity index (χ4v) is 3.80. The van der Waals surface area contributed by atoms with Crippen LogP contribution in [0.3, 0.4) is 0 Å². The monoisotopic (exact) mass is 466 g/mol. The Morgan fingerprint density at radius 3 is 2.71 bits per heavy atom. The number of likely N-dealkylation sites (tertiary alicyclic amines) is 1. The zero-order valence-electron chi connectivity index (χ0n) is 19.4. The molecule has 0 saturated carbocycles. The van der Waals surface area contributed by atoms with Crippen LogP contribution in [0.15, 0.2) is 36.8 Å². The first-order valence-corrected chi connectivity index (χ1v) is 10.8. The molecule has 178 valence electrons. The number of carbonyl (C=O) groups is 1. The number of amides is 1. The van der Waals surface area contributed by atoms with Gasteiger partial charge >= 0.3 is 11.8 Å². The number of benzene rings is 1. The van der Waals surface area contributed by atoms with Crippen LogP contribution in [0.4, 0.5) is 16.3 Å². The van der Waals surface area contributed by atoms with Gasteiger partial charge in [-0.05, 0) is 44.9 Å². The van der Waals surface area contributed by atoms with Crippen LogP contribution in [0.2, 0.25) is 0 Å². The van der Waals surface area contributed by atoms with Crippen LogP contribution in [0.25, 0.3) is 22.0 Å². The molecule has 1 aliphatic heterocycles. The largest absolute Gasteiger partial charge is 0.476 e. The Morgan fingerprint density at radius 1 is 1.21 bits per heavy atom. The third-order valence-electron chi connectivity index (χ3n) is 5.37. The molecule has 3 aromatic rings. The number of nitrogens with one attached hydrogen (secondary N) is 1. The van der Waals surface area contributed by atoms with Gasteiger partial charge in [-0.3, -0.25) is 10.1 Å². The van der Waals surface area contributed by atoms with Crippen molar-refractivity contribution in [2.45, 2.75) is 38.8 Å². The van der Waals surface area contributed by atoms with Gasteiger partial charge in [0, 0.05) is 42.3 Å². The summed E-state index contributed by atoms with van der Waals surface area (Å²) in [6, 6.07) is 6.95. The molecule has 0 bridgehead atoms. The molecule has 0 unspecified atom stereocenters. The Labute approximate surface area is 196 Å². The number of nitrogens with zero attached hydrogens (tertiary/aromatic N) is 5. The fraction of sp³-hybridized carbons (Fsp3) is 0.391. The predicted octanol–water partition coefficient (Wildman–Crippen LogP) is 4.03. The van der Waals surface area contributed by atoms with Crippen LogP contribution in [0, 0.1) is 10.1 Å². The van der Waals surface area contributed by atoms with Crippen LogP contribution in [-0.2, 0) is 4.74 Å². The topological polar surface area (TPSA) is 133 Å². The standard InChI is InChI=1S/C23H26N6O5/c1-23(2,3)34-22(30)28-8-7-16(12-28)27-20-17-9-14(5-6-18(17)25-13-26-20)15-10-19(29(31)32)21(33-4)24-11-15/h5-6,9-11,13,16H,7-8,12H2,1-4H3,(H,25,26,27)/t16-/m0/s1. The van der Waals surface area contributed by atoms with E-state index in [1.54, 1.807) is 4.90 Å². The lowest BCUT2D eigenvalue weighted by Gasteiger charge is -2.24. The first kappa shape index (κ1) is 23.1. The lowest BCUT2D eigenvalue weighted by Crippen LogP contribution is -2.36. The second-order valence-corrected chi connectivity index (χ2v) is 9.02. The Morgan fingerprint density at radius 2 is 2.00 bits per heavy atom. The van der Waals surface area contributed by atoms with E-state index in [9.17, 15) is 14.9 Å². The molecule has 0 aliphatic carbocycles. The number of hydrogen-bond acceptors (Lipinski definition) is 9. The van der Waals surface area contributed by atoms with E-state index in [-0.39, 0.29) is 23.7 Å². The van der Waals surface area contributed by atoms with Crippen LogP contribution in [0.5, 0.6) is 5.88 Å². The molecule has 2 aromatic heterocycles. The highest BCUT2D eigenvalue weighted by Gasteiger charge is 2.30. The number of nitro groups is 1. The average Bonchev–Trinajstić information content (AvgIpc) is 3.26. The Balaban J connectivity index is 1.59. The quantitative estimate of drug-likeness (QED) is 0.437. The lowest BCUT2D eigenvalue weighted by atomic mass is 10.0. The first-order valence-electron chi connectivity index (χ1n) is 10.8. The van der Waals surface area contributed by atoms with Crippen molar-refractivity contribution in [1.29, 1.82) is 0 Å². The molecule has 1 aliphatic rings. The van der Waals surface area contributed by atoms with E-state index in [0.29, 0.717) is 24.5 Å². The number of anilines is 1. The number of hydrogen-bond donors (Lipinski definition) is 1. The minimum atomic E-state index is -0.548. The highest BCUT2D eigenvalue weighted by molar-refractivity contribution is 5.92. The van der Waals surface area contributed by atoms with Gasteiger partial charge in [-0.15, -0.1) is 0 Å². The normalized spacial score (nSPS) is 15.9. The highest BCUT2D eigenvalue weighted by Crippen LogP contribution is 2.32. The zero-order chi connectivity index (χ0) is 24.5. The van der Waals surface area contributed by atoms with E-state index >= 15 is 0 Å². The SMILES string of the molecule is COc1ncc(-c2ccc3ncnc(N[C@H]4CCN(C(=O)OC(C)(C)C)C4)c3c2)cc1[N+](=O)[O-]. The number of fused-ring (bicyclic) bond motifs is 1. The van der Waals surface area contributed by atoms with Crippen molar-refractivity contribution in [3.05, 3.63) is 46.9 Å². The van der Waals surface area contributed by atoms with Crippen molar-refractivity contribution in [3.63, 3.8) is 0 Å². The molecule has 1 amide bonds. The molecular formula is C23H26N6O5. The molecular weight excluding hydrogens is 440 g/mol. The molecule has 0 spiro atoms. The highest BCUT2D eigenvalue weighted by atomic mass is 16.6. The summed E-state index contributed by atoms with van der Waals surface area (Å²) in [6.07, 6.45) is 3.42. The Kier molecular flexibility index (Phi) is 6.18. The predicted molar refractivity (Wildman–Crippen MR) is 126 cm³/mol. The van der Waals surface area contributed by atoms with Crippen LogP contribution >= 0.6 is 0 Å². The molecule has 11 heteroatoms. The van der Waals surface area contributed by atoms with E-state index in [4.69, 9.17) is 9.47 Å². The molecule has 1 N–H and O–H groups in total. The third-order valence-corrected chi connectivity index (χ3v) is 5.37. The lowest BCUT2D eigenvalue weighted by molar-refractivity contribution is -0.386. The van der Waals surface area contributed by atoms with Crippen molar-refractivity contribution >= 4 is 28.5 Å². The molecule has 1 aromatic carbocycles. The summed E-state index contributed by atoms with van der Waals surface area (Å²) in [6.45, 7) is 6.60. The maximum atomic E-state index is 12.4. The summed E-state index contributed by atoms with van der Waals surface area (Å²) < 4.78 is 10.5. The van der Waals surface area contributed by atoms with E-state index in [1.165, 1.54) is 25.7 Å². The van der Waals surface area contributed by atoms with Crippen molar-refractivity contribution in [2.75, 3.05) is 25.5 Å².